The van der Waals surface area contributed by atoms with Crippen LogP contribution in [0.25, 0.3) is 0 Å². The molecule has 2 N–H and O–H groups in total. The molecule has 0 saturated heterocycles. The molecule has 98 valence electrons. The third-order valence-electron chi connectivity index (χ3n) is 4.26. The largest absolute Gasteiger partial charge is 0.486 e. The zero-order valence-corrected chi connectivity index (χ0v) is 11.3. The molecule has 0 unspecified atom stereocenters. The minimum Gasteiger partial charge on any atom is -0.486 e. The Hall–Kier alpha value is -0.930. The summed E-state index contributed by atoms with van der Waals surface area (Å²) in [4.78, 5) is 0. The van der Waals surface area contributed by atoms with E-state index in [2.05, 4.69) is 0 Å². The molecule has 1 saturated carbocycles. The second kappa shape index (κ2) is 4.32. The van der Waals surface area contributed by atoms with E-state index in [1.54, 1.807) is 0 Å². The Morgan fingerprint density at radius 1 is 1.33 bits per heavy atom. The lowest BCUT2D eigenvalue weighted by Crippen LogP contribution is -2.42. The van der Waals surface area contributed by atoms with Gasteiger partial charge in [0.15, 0.2) is 11.5 Å². The van der Waals surface area contributed by atoms with Gasteiger partial charge in [-0.15, -0.1) is 0 Å². The zero-order valence-electron chi connectivity index (χ0n) is 10.6. The van der Waals surface area contributed by atoms with Crippen LogP contribution in [0.2, 0.25) is 5.02 Å². The van der Waals surface area contributed by atoms with E-state index in [1.807, 2.05) is 13.0 Å². The minimum atomic E-state index is 0.0414. The average molecular weight is 268 g/mol. The van der Waals surface area contributed by atoms with Gasteiger partial charge in [-0.25, -0.2) is 0 Å². The summed E-state index contributed by atoms with van der Waals surface area (Å²) in [5, 5.41) is 0.744. The first-order valence-electron chi connectivity index (χ1n) is 6.47. The Bertz CT molecular complexity index is 478. The molecule has 0 aromatic heterocycles. The van der Waals surface area contributed by atoms with Crippen molar-refractivity contribution in [3.05, 3.63) is 22.2 Å². The fraction of sp³-hybridized carbons (Fsp3) is 0.571. The summed E-state index contributed by atoms with van der Waals surface area (Å²) >= 11 is 6.32. The van der Waals surface area contributed by atoms with E-state index < -0.39 is 0 Å². The zero-order chi connectivity index (χ0) is 12.8. The molecule has 1 aromatic carbocycles. The standard InChI is InChI=1S/C14H18ClNO2/c1-9-10(15)7-11-13(18-6-5-17-11)12(9)14(8-16)3-2-4-14/h7H,2-6,8,16H2,1H3. The molecule has 4 heteroatoms. The van der Waals surface area contributed by atoms with E-state index in [0.29, 0.717) is 19.8 Å². The molecule has 0 spiro atoms. The number of benzene rings is 1. The van der Waals surface area contributed by atoms with Gasteiger partial charge in [-0.1, -0.05) is 18.0 Å². The van der Waals surface area contributed by atoms with Crippen molar-refractivity contribution in [1.29, 1.82) is 0 Å². The normalized spacial score (nSPS) is 20.4. The lowest BCUT2D eigenvalue weighted by molar-refractivity contribution is 0.159. The average Bonchev–Trinajstić information content (AvgIpc) is 2.33. The van der Waals surface area contributed by atoms with Gasteiger partial charge >= 0.3 is 0 Å². The SMILES string of the molecule is Cc1c(Cl)cc2c(c1C1(CN)CCC1)OCCO2. The summed E-state index contributed by atoms with van der Waals surface area (Å²) < 4.78 is 11.5. The Kier molecular flexibility index (Phi) is 2.91. The van der Waals surface area contributed by atoms with E-state index in [-0.39, 0.29) is 5.41 Å². The van der Waals surface area contributed by atoms with Crippen LogP contribution in [0.1, 0.15) is 30.4 Å². The highest BCUT2D eigenvalue weighted by Crippen LogP contribution is 2.52. The summed E-state index contributed by atoms with van der Waals surface area (Å²) in [7, 11) is 0. The van der Waals surface area contributed by atoms with Crippen molar-refractivity contribution in [2.75, 3.05) is 19.8 Å². The van der Waals surface area contributed by atoms with E-state index in [4.69, 9.17) is 26.8 Å². The molecule has 3 rings (SSSR count). The quantitative estimate of drug-likeness (QED) is 0.896. The molecule has 3 nitrogen and oxygen atoms in total. The Morgan fingerprint density at radius 3 is 2.67 bits per heavy atom. The van der Waals surface area contributed by atoms with Gasteiger partial charge in [-0.3, -0.25) is 0 Å². The van der Waals surface area contributed by atoms with Crippen LogP contribution in [0, 0.1) is 6.92 Å². The van der Waals surface area contributed by atoms with Crippen molar-refractivity contribution < 1.29 is 9.47 Å². The second-order valence-electron chi connectivity index (χ2n) is 5.22. The molecule has 1 aromatic rings. The summed E-state index contributed by atoms with van der Waals surface area (Å²) in [5.41, 5.74) is 8.32. The van der Waals surface area contributed by atoms with Gasteiger partial charge in [0.05, 0.1) is 0 Å². The molecule has 0 bridgehead atoms. The number of rotatable bonds is 2. The van der Waals surface area contributed by atoms with Gasteiger partial charge in [0.2, 0.25) is 0 Å². The van der Waals surface area contributed by atoms with Gasteiger partial charge < -0.3 is 15.2 Å². The van der Waals surface area contributed by atoms with Crippen molar-refractivity contribution in [3.63, 3.8) is 0 Å². The maximum atomic E-state index is 6.32. The van der Waals surface area contributed by atoms with Gasteiger partial charge in [0.1, 0.15) is 13.2 Å². The summed E-state index contributed by atoms with van der Waals surface area (Å²) in [6.45, 7) is 3.87. The smallest absolute Gasteiger partial charge is 0.165 e. The van der Waals surface area contributed by atoms with Crippen LogP contribution in [0.15, 0.2) is 6.07 Å². The molecule has 0 atom stereocenters. The van der Waals surface area contributed by atoms with Crippen molar-refractivity contribution in [3.8, 4) is 11.5 Å². The van der Waals surface area contributed by atoms with Crippen molar-refractivity contribution >= 4 is 11.6 Å². The van der Waals surface area contributed by atoms with Crippen molar-refractivity contribution in [2.45, 2.75) is 31.6 Å². The summed E-state index contributed by atoms with van der Waals surface area (Å²) in [6, 6.07) is 1.86. The minimum absolute atomic E-state index is 0.0414. The maximum Gasteiger partial charge on any atom is 0.165 e. The Balaban J connectivity index is 2.20. The lowest BCUT2D eigenvalue weighted by atomic mass is 9.63. The Labute approximate surface area is 112 Å². The van der Waals surface area contributed by atoms with Crippen LogP contribution >= 0.6 is 11.6 Å². The number of fused-ring (bicyclic) bond motifs is 1. The summed E-state index contributed by atoms with van der Waals surface area (Å²) in [5.74, 6) is 1.64. The van der Waals surface area contributed by atoms with E-state index in [0.717, 1.165) is 34.9 Å². The highest BCUT2D eigenvalue weighted by atomic mass is 35.5. The number of nitrogens with two attached hydrogens (primary N) is 1. The first-order chi connectivity index (χ1) is 8.68. The molecule has 18 heavy (non-hydrogen) atoms. The molecular weight excluding hydrogens is 250 g/mol. The molecule has 2 aliphatic rings. The highest BCUT2D eigenvalue weighted by molar-refractivity contribution is 6.31. The summed E-state index contributed by atoms with van der Waals surface area (Å²) in [6.07, 6.45) is 3.44. The topological polar surface area (TPSA) is 44.5 Å². The van der Waals surface area contributed by atoms with Crippen LogP contribution in [-0.2, 0) is 5.41 Å². The van der Waals surface area contributed by atoms with Crippen molar-refractivity contribution in [1.82, 2.24) is 0 Å². The van der Waals surface area contributed by atoms with E-state index in [1.165, 1.54) is 12.0 Å². The Morgan fingerprint density at radius 2 is 2.06 bits per heavy atom. The lowest BCUT2D eigenvalue weighted by Gasteiger charge is -2.44. The number of hydrogen-bond donors (Lipinski definition) is 1. The molecule has 1 fully saturated rings. The molecule has 0 radical (unpaired) electrons. The van der Waals surface area contributed by atoms with Crippen LogP contribution < -0.4 is 15.2 Å². The third-order valence-corrected chi connectivity index (χ3v) is 4.65. The highest BCUT2D eigenvalue weighted by Gasteiger charge is 2.42. The van der Waals surface area contributed by atoms with E-state index in [9.17, 15) is 0 Å². The van der Waals surface area contributed by atoms with Gasteiger partial charge in [-0.2, -0.15) is 0 Å². The second-order valence-corrected chi connectivity index (χ2v) is 5.63. The fourth-order valence-electron chi connectivity index (χ4n) is 3.05. The van der Waals surface area contributed by atoms with Crippen LogP contribution in [0.3, 0.4) is 0 Å². The number of halogens is 1. The molecule has 1 heterocycles. The van der Waals surface area contributed by atoms with Crippen molar-refractivity contribution in [2.24, 2.45) is 5.73 Å². The molecule has 1 aliphatic carbocycles. The number of ether oxygens (including phenoxy) is 2. The molecule has 0 amide bonds. The molecular formula is C14H18ClNO2. The van der Waals surface area contributed by atoms with Crippen LogP contribution in [-0.4, -0.2) is 19.8 Å². The van der Waals surface area contributed by atoms with Gasteiger partial charge in [-0.05, 0) is 25.3 Å². The van der Waals surface area contributed by atoms with Gasteiger partial charge in [0, 0.05) is 28.6 Å². The maximum absolute atomic E-state index is 6.32. The predicted octanol–water partition coefficient (Wildman–Crippen LogP) is 2.80. The van der Waals surface area contributed by atoms with Crippen LogP contribution in [0.4, 0.5) is 0 Å². The predicted molar refractivity (Wildman–Crippen MR) is 71.8 cm³/mol. The third kappa shape index (κ3) is 1.61. The fourth-order valence-corrected chi connectivity index (χ4v) is 3.24. The van der Waals surface area contributed by atoms with Crippen LogP contribution in [0.5, 0.6) is 11.5 Å². The molecule has 1 aliphatic heterocycles. The van der Waals surface area contributed by atoms with E-state index >= 15 is 0 Å². The van der Waals surface area contributed by atoms with Gasteiger partial charge in [0.25, 0.3) is 0 Å². The monoisotopic (exact) mass is 267 g/mol. The first kappa shape index (κ1) is 12.1. The first-order valence-corrected chi connectivity index (χ1v) is 6.85. The number of hydrogen-bond acceptors (Lipinski definition) is 3.